The van der Waals surface area contributed by atoms with Gasteiger partial charge in [-0.1, -0.05) is 12.8 Å². The van der Waals surface area contributed by atoms with E-state index in [1.54, 1.807) is 0 Å². The Bertz CT molecular complexity index is 470. The molecular weight excluding hydrogens is 238 g/mol. The van der Waals surface area contributed by atoms with Crippen molar-refractivity contribution in [1.29, 1.82) is 0 Å². The molecular formula is C15H23N3O. The molecule has 4 nitrogen and oxygen atoms in total. The third kappa shape index (κ3) is 2.62. The van der Waals surface area contributed by atoms with Gasteiger partial charge in [0.1, 0.15) is 5.69 Å². The number of carbonyl (C=O) groups excluding carboxylic acids is 1. The molecule has 0 spiro atoms. The molecule has 1 aromatic heterocycles. The van der Waals surface area contributed by atoms with E-state index in [4.69, 9.17) is 5.73 Å². The van der Waals surface area contributed by atoms with Crippen LogP contribution in [0.4, 0.5) is 5.69 Å². The average Bonchev–Trinajstić information content (AvgIpc) is 2.97. The number of nitrogens with two attached hydrogens (primary N) is 1. The van der Waals surface area contributed by atoms with Crippen molar-refractivity contribution in [2.75, 3.05) is 19.3 Å². The maximum Gasteiger partial charge on any atom is 0.270 e. The highest BCUT2D eigenvalue weighted by atomic mass is 16.2. The topological polar surface area (TPSA) is 51.3 Å². The van der Waals surface area contributed by atoms with Crippen molar-refractivity contribution in [3.8, 4) is 0 Å². The van der Waals surface area contributed by atoms with Gasteiger partial charge in [0.2, 0.25) is 0 Å². The summed E-state index contributed by atoms with van der Waals surface area (Å²) in [5.74, 6) is 0.811. The van der Waals surface area contributed by atoms with Gasteiger partial charge in [-0.25, -0.2) is 0 Å². The summed E-state index contributed by atoms with van der Waals surface area (Å²) in [7, 11) is 1.92. The van der Waals surface area contributed by atoms with Gasteiger partial charge in [0.05, 0.1) is 5.69 Å². The fraction of sp³-hybridized carbons (Fsp3) is 0.667. The predicted octanol–water partition coefficient (Wildman–Crippen LogP) is 2.67. The Hall–Kier alpha value is -1.45. The number of nitrogens with zero attached hydrogens (tertiary/aromatic N) is 2. The third-order valence-electron chi connectivity index (χ3n) is 4.38. The number of anilines is 1. The number of hydrogen-bond donors (Lipinski definition) is 1. The first-order valence-corrected chi connectivity index (χ1v) is 7.38. The molecule has 2 fully saturated rings. The van der Waals surface area contributed by atoms with E-state index in [-0.39, 0.29) is 5.91 Å². The van der Waals surface area contributed by atoms with Gasteiger partial charge in [-0.05, 0) is 37.7 Å². The van der Waals surface area contributed by atoms with Crippen LogP contribution in [0.2, 0.25) is 0 Å². The second-order valence-corrected chi connectivity index (χ2v) is 6.13. The maximum atomic E-state index is 12.5. The summed E-state index contributed by atoms with van der Waals surface area (Å²) in [5.41, 5.74) is 7.32. The Labute approximate surface area is 114 Å². The molecule has 1 amide bonds. The lowest BCUT2D eigenvalue weighted by atomic mass is 10.1. The molecule has 0 atom stereocenters. The van der Waals surface area contributed by atoms with Gasteiger partial charge in [-0.15, -0.1) is 0 Å². The van der Waals surface area contributed by atoms with Crippen LogP contribution in [0.1, 0.15) is 55.1 Å². The predicted molar refractivity (Wildman–Crippen MR) is 76.0 cm³/mol. The largest absolute Gasteiger partial charge is 0.397 e. The minimum absolute atomic E-state index is 0.121. The van der Waals surface area contributed by atoms with Gasteiger partial charge in [-0.3, -0.25) is 4.79 Å². The van der Waals surface area contributed by atoms with Crippen LogP contribution in [0.5, 0.6) is 0 Å². The van der Waals surface area contributed by atoms with Gasteiger partial charge in [-0.2, -0.15) is 0 Å². The average molecular weight is 261 g/mol. The molecule has 2 saturated carbocycles. The van der Waals surface area contributed by atoms with Gasteiger partial charge in [0, 0.05) is 25.8 Å². The Morgan fingerprint density at radius 3 is 2.68 bits per heavy atom. The van der Waals surface area contributed by atoms with Crippen LogP contribution in [0.15, 0.2) is 12.3 Å². The molecule has 2 aliphatic rings. The lowest BCUT2D eigenvalue weighted by Gasteiger charge is -2.21. The van der Waals surface area contributed by atoms with Crippen molar-refractivity contribution < 1.29 is 4.79 Å². The minimum Gasteiger partial charge on any atom is -0.397 e. The molecule has 0 radical (unpaired) electrons. The number of aromatic nitrogens is 1. The zero-order valence-electron chi connectivity index (χ0n) is 11.6. The molecule has 0 aliphatic heterocycles. The number of hydrogen-bond acceptors (Lipinski definition) is 2. The van der Waals surface area contributed by atoms with Crippen LogP contribution in [-0.4, -0.2) is 29.0 Å². The van der Waals surface area contributed by atoms with Crippen molar-refractivity contribution in [3.05, 3.63) is 18.0 Å². The fourth-order valence-electron chi connectivity index (χ4n) is 3.19. The molecule has 1 aromatic rings. The monoisotopic (exact) mass is 261 g/mol. The molecule has 2 N–H and O–H groups in total. The Balaban J connectivity index is 1.71. The minimum atomic E-state index is 0.121. The van der Waals surface area contributed by atoms with Crippen LogP contribution in [-0.2, 0) is 0 Å². The standard InChI is InChI=1S/C15H23N3O/c1-17(9-11-4-2-3-5-11)15(19)14-8-12(16)10-18(14)13-6-7-13/h8,10-11,13H,2-7,9,16H2,1H3. The number of carbonyl (C=O) groups is 1. The maximum absolute atomic E-state index is 12.5. The first-order valence-electron chi connectivity index (χ1n) is 7.38. The second-order valence-electron chi connectivity index (χ2n) is 6.13. The van der Waals surface area contributed by atoms with Crippen LogP contribution >= 0.6 is 0 Å². The van der Waals surface area contributed by atoms with E-state index < -0.39 is 0 Å². The molecule has 104 valence electrons. The van der Waals surface area contributed by atoms with E-state index in [2.05, 4.69) is 4.57 Å². The number of nitrogen functional groups attached to an aromatic ring is 1. The molecule has 1 heterocycles. The van der Waals surface area contributed by atoms with Gasteiger partial charge in [0.25, 0.3) is 5.91 Å². The van der Waals surface area contributed by atoms with Gasteiger partial charge < -0.3 is 15.2 Å². The number of rotatable bonds is 4. The number of amides is 1. The van der Waals surface area contributed by atoms with Gasteiger partial charge >= 0.3 is 0 Å². The third-order valence-corrected chi connectivity index (χ3v) is 4.38. The van der Waals surface area contributed by atoms with Crippen molar-refractivity contribution >= 4 is 11.6 Å². The van der Waals surface area contributed by atoms with Crippen LogP contribution in [0.25, 0.3) is 0 Å². The van der Waals surface area contributed by atoms with E-state index in [9.17, 15) is 4.79 Å². The molecule has 0 aromatic carbocycles. The van der Waals surface area contributed by atoms with Crippen molar-refractivity contribution in [1.82, 2.24) is 9.47 Å². The fourth-order valence-corrected chi connectivity index (χ4v) is 3.19. The smallest absolute Gasteiger partial charge is 0.270 e. The van der Waals surface area contributed by atoms with E-state index in [0.29, 0.717) is 17.6 Å². The molecule has 0 unspecified atom stereocenters. The van der Waals surface area contributed by atoms with E-state index in [0.717, 1.165) is 12.2 Å². The van der Waals surface area contributed by atoms with Crippen molar-refractivity contribution in [3.63, 3.8) is 0 Å². The highest BCUT2D eigenvalue weighted by Gasteiger charge is 2.29. The molecule has 0 bridgehead atoms. The summed E-state index contributed by atoms with van der Waals surface area (Å²) in [6.45, 7) is 0.884. The first kappa shape index (κ1) is 12.6. The summed E-state index contributed by atoms with van der Waals surface area (Å²) < 4.78 is 2.07. The lowest BCUT2D eigenvalue weighted by Crippen LogP contribution is -2.32. The SMILES string of the molecule is CN(CC1CCCC1)C(=O)c1cc(N)cn1C1CC1. The highest BCUT2D eigenvalue weighted by molar-refractivity contribution is 5.93. The normalized spacial score (nSPS) is 19.8. The van der Waals surface area contributed by atoms with Crippen molar-refractivity contribution in [2.24, 2.45) is 5.92 Å². The quantitative estimate of drug-likeness (QED) is 0.906. The summed E-state index contributed by atoms with van der Waals surface area (Å²) >= 11 is 0. The Morgan fingerprint density at radius 2 is 2.05 bits per heavy atom. The highest BCUT2D eigenvalue weighted by Crippen LogP contribution is 2.37. The van der Waals surface area contributed by atoms with E-state index >= 15 is 0 Å². The Morgan fingerprint density at radius 1 is 1.37 bits per heavy atom. The first-order chi connectivity index (χ1) is 9.15. The zero-order chi connectivity index (χ0) is 13.4. The molecule has 19 heavy (non-hydrogen) atoms. The van der Waals surface area contributed by atoms with Crippen LogP contribution in [0, 0.1) is 5.92 Å². The molecule has 2 aliphatic carbocycles. The molecule has 0 saturated heterocycles. The summed E-state index contributed by atoms with van der Waals surface area (Å²) in [6.07, 6.45) is 9.42. The Kier molecular flexibility index (Phi) is 3.25. The molecule has 4 heteroatoms. The van der Waals surface area contributed by atoms with Crippen molar-refractivity contribution in [2.45, 2.75) is 44.6 Å². The second kappa shape index (κ2) is 4.91. The molecule has 3 rings (SSSR count). The van der Waals surface area contributed by atoms with Crippen LogP contribution < -0.4 is 5.73 Å². The van der Waals surface area contributed by atoms with E-state index in [1.165, 1.54) is 38.5 Å². The van der Waals surface area contributed by atoms with Gasteiger partial charge in [0.15, 0.2) is 0 Å². The van der Waals surface area contributed by atoms with E-state index in [1.807, 2.05) is 24.2 Å². The summed E-state index contributed by atoms with van der Waals surface area (Å²) in [6, 6.07) is 2.32. The summed E-state index contributed by atoms with van der Waals surface area (Å²) in [5, 5.41) is 0. The zero-order valence-corrected chi connectivity index (χ0v) is 11.6. The summed E-state index contributed by atoms with van der Waals surface area (Å²) in [4.78, 5) is 14.4. The van der Waals surface area contributed by atoms with Crippen LogP contribution in [0.3, 0.4) is 0 Å². The lowest BCUT2D eigenvalue weighted by molar-refractivity contribution is 0.0762.